The molecule has 18 heavy (non-hydrogen) atoms. The Kier molecular flexibility index (Phi) is 3.51. The van der Waals surface area contributed by atoms with Gasteiger partial charge in [0.1, 0.15) is 18.7 Å². The number of hydrogen-bond donors (Lipinski definition) is 3. The Balaban J connectivity index is 1.72. The second-order valence-corrected chi connectivity index (χ2v) is 3.67. The molecule has 0 atom stereocenters. The molecule has 0 aliphatic carbocycles. The fraction of sp³-hybridized carbons (Fsp3) is 0.444. The third-order valence-corrected chi connectivity index (χ3v) is 2.39. The number of nitrogens with zero attached hydrogens (tertiary/aromatic N) is 3. The van der Waals surface area contributed by atoms with Crippen LogP contribution in [-0.4, -0.2) is 57.6 Å². The van der Waals surface area contributed by atoms with E-state index in [0.717, 1.165) is 4.90 Å². The van der Waals surface area contributed by atoms with Gasteiger partial charge >= 0.3 is 6.03 Å². The first-order chi connectivity index (χ1) is 8.66. The minimum Gasteiger partial charge on any atom is -0.354 e. The Morgan fingerprint density at radius 3 is 2.94 bits per heavy atom. The van der Waals surface area contributed by atoms with Crippen molar-refractivity contribution in [3.8, 4) is 0 Å². The van der Waals surface area contributed by atoms with Gasteiger partial charge in [0.05, 0.1) is 6.54 Å². The zero-order valence-electron chi connectivity index (χ0n) is 9.47. The molecular formula is C9H12N6O3. The lowest BCUT2D eigenvalue weighted by atomic mass is 10.4. The van der Waals surface area contributed by atoms with Crippen molar-refractivity contribution in [2.24, 2.45) is 0 Å². The standard InChI is InChI=1S/C9H12N6O3/c16-7(4-15-8(17)3-11-9(15)18)10-2-1-6-12-5-13-14-6/h5H,1-4H2,(H,10,16)(H,11,18)(H,12,13,14). The minimum atomic E-state index is -0.537. The Hall–Kier alpha value is -2.45. The number of imide groups is 1. The maximum absolute atomic E-state index is 11.5. The van der Waals surface area contributed by atoms with Gasteiger partial charge in [-0.2, -0.15) is 5.10 Å². The molecule has 0 radical (unpaired) electrons. The molecule has 1 saturated heterocycles. The van der Waals surface area contributed by atoms with Crippen LogP contribution in [0.1, 0.15) is 5.82 Å². The largest absolute Gasteiger partial charge is 0.354 e. The smallest absolute Gasteiger partial charge is 0.325 e. The summed E-state index contributed by atoms with van der Waals surface area (Å²) in [6.07, 6.45) is 1.89. The monoisotopic (exact) mass is 252 g/mol. The van der Waals surface area contributed by atoms with Gasteiger partial charge in [-0.05, 0) is 0 Å². The fourth-order valence-corrected chi connectivity index (χ4v) is 1.49. The van der Waals surface area contributed by atoms with E-state index in [1.165, 1.54) is 6.33 Å². The summed E-state index contributed by atoms with van der Waals surface area (Å²) in [6.45, 7) is 0.0446. The summed E-state index contributed by atoms with van der Waals surface area (Å²) in [5, 5.41) is 11.3. The first-order valence-electron chi connectivity index (χ1n) is 5.36. The van der Waals surface area contributed by atoms with Crippen molar-refractivity contribution >= 4 is 17.8 Å². The van der Waals surface area contributed by atoms with Crippen LogP contribution in [0.2, 0.25) is 0 Å². The molecule has 1 aromatic rings. The molecular weight excluding hydrogens is 240 g/mol. The van der Waals surface area contributed by atoms with E-state index in [1.807, 2.05) is 0 Å². The summed E-state index contributed by atoms with van der Waals surface area (Å²) < 4.78 is 0. The second-order valence-electron chi connectivity index (χ2n) is 3.67. The van der Waals surface area contributed by atoms with Crippen molar-refractivity contribution in [1.82, 2.24) is 30.7 Å². The lowest BCUT2D eigenvalue weighted by Crippen LogP contribution is -2.41. The predicted octanol–water partition coefficient (Wildman–Crippen LogP) is -1.98. The van der Waals surface area contributed by atoms with Crippen LogP contribution in [0.4, 0.5) is 4.79 Å². The van der Waals surface area contributed by atoms with Crippen LogP contribution < -0.4 is 10.6 Å². The molecule has 0 bridgehead atoms. The van der Waals surface area contributed by atoms with Crippen molar-refractivity contribution in [1.29, 1.82) is 0 Å². The number of H-pyrrole nitrogens is 1. The molecule has 96 valence electrons. The molecule has 4 amide bonds. The van der Waals surface area contributed by atoms with Crippen LogP contribution in [0, 0.1) is 0 Å². The molecule has 1 aliphatic heterocycles. The third kappa shape index (κ3) is 2.81. The van der Waals surface area contributed by atoms with Crippen LogP contribution in [0.5, 0.6) is 0 Å². The normalized spacial score (nSPS) is 14.8. The zero-order valence-corrected chi connectivity index (χ0v) is 9.47. The fourth-order valence-electron chi connectivity index (χ4n) is 1.49. The summed E-state index contributed by atoms with van der Waals surface area (Å²) in [5.41, 5.74) is 0. The van der Waals surface area contributed by atoms with E-state index in [2.05, 4.69) is 25.8 Å². The van der Waals surface area contributed by atoms with Gasteiger partial charge in [-0.15, -0.1) is 0 Å². The van der Waals surface area contributed by atoms with Crippen molar-refractivity contribution in [2.75, 3.05) is 19.6 Å². The van der Waals surface area contributed by atoms with Crippen molar-refractivity contribution in [2.45, 2.75) is 6.42 Å². The average Bonchev–Trinajstić information content (AvgIpc) is 2.94. The van der Waals surface area contributed by atoms with Crippen LogP contribution in [-0.2, 0) is 16.0 Å². The molecule has 2 heterocycles. The number of rotatable bonds is 5. The van der Waals surface area contributed by atoms with E-state index >= 15 is 0 Å². The first-order valence-corrected chi connectivity index (χ1v) is 5.36. The molecule has 0 aromatic carbocycles. The highest BCUT2D eigenvalue weighted by Gasteiger charge is 2.29. The summed E-state index contributed by atoms with van der Waals surface area (Å²) in [7, 11) is 0. The predicted molar refractivity (Wildman–Crippen MR) is 58.2 cm³/mol. The van der Waals surface area contributed by atoms with Gasteiger partial charge in [0.2, 0.25) is 5.91 Å². The van der Waals surface area contributed by atoms with Crippen LogP contribution in [0.3, 0.4) is 0 Å². The summed E-state index contributed by atoms with van der Waals surface area (Å²) in [6, 6.07) is -0.537. The molecule has 2 rings (SSSR count). The van der Waals surface area contributed by atoms with Gasteiger partial charge < -0.3 is 10.6 Å². The zero-order chi connectivity index (χ0) is 13.0. The van der Waals surface area contributed by atoms with Crippen molar-refractivity contribution < 1.29 is 14.4 Å². The van der Waals surface area contributed by atoms with Gasteiger partial charge in [0.25, 0.3) is 5.91 Å². The highest BCUT2D eigenvalue weighted by molar-refractivity contribution is 6.04. The van der Waals surface area contributed by atoms with Crippen molar-refractivity contribution in [3.63, 3.8) is 0 Å². The van der Waals surface area contributed by atoms with Gasteiger partial charge in [-0.1, -0.05) is 0 Å². The first kappa shape index (κ1) is 12.0. The van der Waals surface area contributed by atoms with Crippen LogP contribution >= 0.6 is 0 Å². The molecule has 3 N–H and O–H groups in total. The maximum Gasteiger partial charge on any atom is 0.325 e. The Labute approximate surface area is 102 Å². The molecule has 0 saturated carbocycles. The topological polar surface area (TPSA) is 120 Å². The number of amides is 4. The summed E-state index contributed by atoms with van der Waals surface area (Å²) in [5.74, 6) is -0.129. The van der Waals surface area contributed by atoms with Crippen LogP contribution in [0.15, 0.2) is 6.33 Å². The number of aromatic amines is 1. The molecule has 0 spiro atoms. The lowest BCUT2D eigenvalue weighted by molar-refractivity contribution is -0.130. The Morgan fingerprint density at radius 2 is 2.33 bits per heavy atom. The van der Waals surface area contributed by atoms with Gasteiger partial charge in [0, 0.05) is 13.0 Å². The number of hydrogen-bond acceptors (Lipinski definition) is 5. The van der Waals surface area contributed by atoms with Crippen molar-refractivity contribution in [3.05, 3.63) is 12.2 Å². The third-order valence-electron chi connectivity index (χ3n) is 2.39. The molecule has 9 nitrogen and oxygen atoms in total. The molecule has 0 unspecified atom stereocenters. The average molecular weight is 252 g/mol. The number of aromatic nitrogens is 3. The number of nitrogens with one attached hydrogen (secondary N) is 3. The molecule has 9 heteroatoms. The van der Waals surface area contributed by atoms with E-state index in [0.29, 0.717) is 18.8 Å². The van der Waals surface area contributed by atoms with Gasteiger partial charge in [-0.25, -0.2) is 9.78 Å². The number of carbonyl (C=O) groups excluding carboxylic acids is 3. The summed E-state index contributed by atoms with van der Waals surface area (Å²) >= 11 is 0. The van der Waals surface area contributed by atoms with Gasteiger partial charge in [-0.3, -0.25) is 19.6 Å². The Morgan fingerprint density at radius 1 is 1.50 bits per heavy atom. The van der Waals surface area contributed by atoms with Crippen LogP contribution in [0.25, 0.3) is 0 Å². The highest BCUT2D eigenvalue weighted by atomic mass is 16.2. The van der Waals surface area contributed by atoms with E-state index in [-0.39, 0.29) is 19.0 Å². The SMILES string of the molecule is O=C(CN1C(=O)CNC1=O)NCCc1ncn[nH]1. The minimum absolute atomic E-state index is 0.0514. The quantitative estimate of drug-likeness (QED) is 0.524. The number of urea groups is 1. The van der Waals surface area contributed by atoms with E-state index in [9.17, 15) is 14.4 Å². The summed E-state index contributed by atoms with van der Waals surface area (Å²) in [4.78, 5) is 38.7. The Bertz CT molecular complexity index is 441. The van der Waals surface area contributed by atoms with E-state index in [1.54, 1.807) is 0 Å². The highest BCUT2D eigenvalue weighted by Crippen LogP contribution is 1.97. The van der Waals surface area contributed by atoms with E-state index in [4.69, 9.17) is 0 Å². The van der Waals surface area contributed by atoms with Gasteiger partial charge in [0.15, 0.2) is 0 Å². The molecule has 1 aromatic heterocycles. The lowest BCUT2D eigenvalue weighted by Gasteiger charge is -2.11. The maximum atomic E-state index is 11.5. The molecule has 1 fully saturated rings. The number of carbonyl (C=O) groups is 3. The van der Waals surface area contributed by atoms with E-state index < -0.39 is 11.9 Å². The molecule has 1 aliphatic rings. The second kappa shape index (κ2) is 5.25.